The Kier molecular flexibility index (Phi) is 6.19. The third-order valence-corrected chi connectivity index (χ3v) is 5.53. The molecule has 4 rings (SSSR count). The van der Waals surface area contributed by atoms with Crippen molar-refractivity contribution in [2.24, 2.45) is 0 Å². The van der Waals surface area contributed by atoms with E-state index < -0.39 is 0 Å². The van der Waals surface area contributed by atoms with Crippen LogP contribution >= 0.6 is 11.6 Å². The summed E-state index contributed by atoms with van der Waals surface area (Å²) < 4.78 is 11.6. The lowest BCUT2D eigenvalue weighted by molar-refractivity contribution is 0.0591. The van der Waals surface area contributed by atoms with Gasteiger partial charge in [-0.25, -0.2) is 0 Å². The standard InChI is InChI=1S/C23H25ClN2O3/c1-2-28-16-20-19-8-3-4-9-21(19)29-22(20)23(27)26-12-10-25(11-13-26)15-17-6-5-7-18(24)14-17/h3-9,14H,2,10-13,15-16H2,1H3. The number of hydrogen-bond acceptors (Lipinski definition) is 4. The smallest absolute Gasteiger partial charge is 0.290 e. The summed E-state index contributed by atoms with van der Waals surface area (Å²) in [6.45, 7) is 6.73. The Labute approximate surface area is 175 Å². The van der Waals surface area contributed by atoms with Crippen LogP contribution in [0.3, 0.4) is 0 Å². The van der Waals surface area contributed by atoms with Crippen molar-refractivity contribution in [3.8, 4) is 0 Å². The van der Waals surface area contributed by atoms with Gasteiger partial charge in [0.1, 0.15) is 5.58 Å². The van der Waals surface area contributed by atoms with Crippen LogP contribution in [0.1, 0.15) is 28.6 Å². The molecule has 1 aliphatic rings. The number of nitrogens with zero attached hydrogens (tertiary/aromatic N) is 2. The van der Waals surface area contributed by atoms with Gasteiger partial charge in [0, 0.05) is 55.3 Å². The molecule has 0 saturated carbocycles. The van der Waals surface area contributed by atoms with E-state index in [0.717, 1.165) is 41.2 Å². The van der Waals surface area contributed by atoms with Crippen LogP contribution in [0.4, 0.5) is 0 Å². The van der Waals surface area contributed by atoms with E-state index in [0.29, 0.717) is 32.1 Å². The first-order chi connectivity index (χ1) is 14.2. The number of furan rings is 1. The summed E-state index contributed by atoms with van der Waals surface area (Å²) in [5.41, 5.74) is 2.76. The molecule has 1 aromatic heterocycles. The lowest BCUT2D eigenvalue weighted by Crippen LogP contribution is -2.48. The van der Waals surface area contributed by atoms with Crippen molar-refractivity contribution >= 4 is 28.5 Å². The highest BCUT2D eigenvalue weighted by atomic mass is 35.5. The number of fused-ring (bicyclic) bond motifs is 1. The Morgan fingerprint density at radius 1 is 1.10 bits per heavy atom. The number of hydrogen-bond donors (Lipinski definition) is 0. The fourth-order valence-electron chi connectivity index (χ4n) is 3.77. The van der Waals surface area contributed by atoms with E-state index in [4.69, 9.17) is 20.8 Å². The van der Waals surface area contributed by atoms with Crippen molar-refractivity contribution < 1.29 is 13.9 Å². The Bertz CT molecular complexity index is 993. The van der Waals surface area contributed by atoms with Crippen LogP contribution in [0.25, 0.3) is 11.0 Å². The SMILES string of the molecule is CCOCc1c(C(=O)N2CCN(Cc3cccc(Cl)c3)CC2)oc2ccccc12. The summed E-state index contributed by atoms with van der Waals surface area (Å²) >= 11 is 6.09. The molecule has 3 aromatic rings. The van der Waals surface area contributed by atoms with Crippen molar-refractivity contribution in [3.05, 3.63) is 70.4 Å². The average molecular weight is 413 g/mol. The first-order valence-corrected chi connectivity index (χ1v) is 10.4. The van der Waals surface area contributed by atoms with Crippen molar-refractivity contribution in [1.82, 2.24) is 9.80 Å². The van der Waals surface area contributed by atoms with E-state index in [1.165, 1.54) is 5.56 Å². The summed E-state index contributed by atoms with van der Waals surface area (Å²) in [5, 5.41) is 1.70. The zero-order chi connectivity index (χ0) is 20.2. The summed E-state index contributed by atoms with van der Waals surface area (Å²) in [6.07, 6.45) is 0. The molecular formula is C23H25ClN2O3. The van der Waals surface area contributed by atoms with E-state index in [1.807, 2.05) is 54.3 Å². The van der Waals surface area contributed by atoms with E-state index in [1.54, 1.807) is 0 Å². The summed E-state index contributed by atoms with van der Waals surface area (Å²) in [5.74, 6) is 0.348. The average Bonchev–Trinajstić information content (AvgIpc) is 3.11. The molecule has 0 radical (unpaired) electrons. The largest absolute Gasteiger partial charge is 0.451 e. The Hall–Kier alpha value is -2.34. The summed E-state index contributed by atoms with van der Waals surface area (Å²) in [4.78, 5) is 17.4. The second-order valence-electron chi connectivity index (χ2n) is 7.24. The van der Waals surface area contributed by atoms with Crippen molar-refractivity contribution in [2.75, 3.05) is 32.8 Å². The molecule has 152 valence electrons. The maximum absolute atomic E-state index is 13.2. The van der Waals surface area contributed by atoms with Crippen LogP contribution < -0.4 is 0 Å². The highest BCUT2D eigenvalue weighted by Gasteiger charge is 2.28. The van der Waals surface area contributed by atoms with Crippen LogP contribution in [0.15, 0.2) is 52.9 Å². The molecule has 29 heavy (non-hydrogen) atoms. The molecule has 0 atom stereocenters. The Balaban J connectivity index is 1.45. The molecule has 0 N–H and O–H groups in total. The van der Waals surface area contributed by atoms with Crippen LogP contribution in [0.5, 0.6) is 0 Å². The summed E-state index contributed by atoms with van der Waals surface area (Å²) in [6, 6.07) is 15.7. The van der Waals surface area contributed by atoms with Gasteiger partial charge in [0.05, 0.1) is 6.61 Å². The molecule has 1 fully saturated rings. The molecule has 2 aromatic carbocycles. The highest BCUT2D eigenvalue weighted by molar-refractivity contribution is 6.30. The maximum atomic E-state index is 13.2. The number of benzene rings is 2. The van der Waals surface area contributed by atoms with E-state index in [-0.39, 0.29) is 5.91 Å². The molecule has 0 aliphatic carbocycles. The molecule has 1 aliphatic heterocycles. The maximum Gasteiger partial charge on any atom is 0.290 e. The number of ether oxygens (including phenoxy) is 1. The normalized spacial score (nSPS) is 15.2. The molecule has 2 heterocycles. The number of piperazine rings is 1. The van der Waals surface area contributed by atoms with Crippen LogP contribution in [0.2, 0.25) is 5.02 Å². The lowest BCUT2D eigenvalue weighted by atomic mass is 10.1. The van der Waals surface area contributed by atoms with Gasteiger partial charge in [0.15, 0.2) is 5.76 Å². The third kappa shape index (κ3) is 4.47. The van der Waals surface area contributed by atoms with Gasteiger partial charge >= 0.3 is 0 Å². The molecule has 0 unspecified atom stereocenters. The number of para-hydroxylation sites is 1. The minimum Gasteiger partial charge on any atom is -0.451 e. The molecule has 1 saturated heterocycles. The number of halogens is 1. The van der Waals surface area contributed by atoms with Gasteiger partial charge in [0.25, 0.3) is 5.91 Å². The van der Waals surface area contributed by atoms with Crippen LogP contribution in [-0.4, -0.2) is 48.5 Å². The van der Waals surface area contributed by atoms with Gasteiger partial charge < -0.3 is 14.1 Å². The quantitative estimate of drug-likeness (QED) is 0.594. The van der Waals surface area contributed by atoms with E-state index in [9.17, 15) is 4.79 Å². The van der Waals surface area contributed by atoms with Crippen LogP contribution in [0, 0.1) is 0 Å². The zero-order valence-corrected chi connectivity index (χ0v) is 17.3. The fraction of sp³-hybridized carbons (Fsp3) is 0.348. The topological polar surface area (TPSA) is 45.9 Å². The first-order valence-electron chi connectivity index (χ1n) is 10.00. The second-order valence-corrected chi connectivity index (χ2v) is 7.68. The van der Waals surface area contributed by atoms with Crippen molar-refractivity contribution in [3.63, 3.8) is 0 Å². The Morgan fingerprint density at radius 3 is 2.66 bits per heavy atom. The first kappa shape index (κ1) is 20.0. The number of amides is 1. The van der Waals surface area contributed by atoms with E-state index in [2.05, 4.69) is 11.0 Å². The predicted molar refractivity (Wildman–Crippen MR) is 114 cm³/mol. The minimum absolute atomic E-state index is 0.0571. The molecule has 1 amide bonds. The molecule has 6 heteroatoms. The lowest BCUT2D eigenvalue weighted by Gasteiger charge is -2.34. The van der Waals surface area contributed by atoms with Gasteiger partial charge in [-0.15, -0.1) is 0 Å². The minimum atomic E-state index is -0.0571. The molecular weight excluding hydrogens is 388 g/mol. The predicted octanol–water partition coefficient (Wildman–Crippen LogP) is 4.58. The molecule has 0 bridgehead atoms. The van der Waals surface area contributed by atoms with Gasteiger partial charge in [-0.05, 0) is 30.7 Å². The number of carbonyl (C=O) groups is 1. The highest BCUT2D eigenvalue weighted by Crippen LogP contribution is 2.28. The van der Waals surface area contributed by atoms with Gasteiger partial charge in [-0.3, -0.25) is 9.69 Å². The monoisotopic (exact) mass is 412 g/mol. The second kappa shape index (κ2) is 8.99. The van der Waals surface area contributed by atoms with Crippen molar-refractivity contribution in [1.29, 1.82) is 0 Å². The van der Waals surface area contributed by atoms with Crippen molar-refractivity contribution in [2.45, 2.75) is 20.1 Å². The van der Waals surface area contributed by atoms with Gasteiger partial charge in [-0.2, -0.15) is 0 Å². The van der Waals surface area contributed by atoms with E-state index >= 15 is 0 Å². The third-order valence-electron chi connectivity index (χ3n) is 5.30. The van der Waals surface area contributed by atoms with Gasteiger partial charge in [-0.1, -0.05) is 41.9 Å². The number of rotatable bonds is 6. The molecule has 5 nitrogen and oxygen atoms in total. The Morgan fingerprint density at radius 2 is 1.90 bits per heavy atom. The zero-order valence-electron chi connectivity index (χ0n) is 16.6. The van der Waals surface area contributed by atoms with Gasteiger partial charge in [0.2, 0.25) is 0 Å². The summed E-state index contributed by atoms with van der Waals surface area (Å²) in [7, 11) is 0. The van der Waals surface area contributed by atoms with Crippen LogP contribution in [-0.2, 0) is 17.9 Å². The molecule has 0 spiro atoms. The fourth-order valence-corrected chi connectivity index (χ4v) is 3.98. The number of carbonyl (C=O) groups excluding carboxylic acids is 1.